The predicted octanol–water partition coefficient (Wildman–Crippen LogP) is 1.55. The summed E-state index contributed by atoms with van der Waals surface area (Å²) in [7, 11) is 0. The number of hydrogen-bond acceptors (Lipinski definition) is 5. The SMILES string of the molecule is CC(=O)Nc1cccc(Cn2cc(C3=CC4NNC(N)C4CC3)ccc2=O)c1F. The number of allylic oxidation sites excluding steroid dienone is 1. The molecule has 8 heteroatoms. The second kappa shape index (κ2) is 7.90. The van der Waals surface area contributed by atoms with Gasteiger partial charge in [-0.15, -0.1) is 0 Å². The van der Waals surface area contributed by atoms with Crippen molar-refractivity contribution in [3.63, 3.8) is 0 Å². The Kier molecular flexibility index (Phi) is 5.31. The molecule has 7 nitrogen and oxygen atoms in total. The van der Waals surface area contributed by atoms with E-state index in [1.54, 1.807) is 24.4 Å². The van der Waals surface area contributed by atoms with E-state index in [2.05, 4.69) is 22.2 Å². The van der Waals surface area contributed by atoms with E-state index < -0.39 is 5.82 Å². The van der Waals surface area contributed by atoms with Gasteiger partial charge in [0.2, 0.25) is 5.91 Å². The fourth-order valence-electron chi connectivity index (χ4n) is 4.03. The summed E-state index contributed by atoms with van der Waals surface area (Å²) in [5.41, 5.74) is 14.6. The number of carbonyl (C=O) groups is 1. The Bertz CT molecular complexity index is 1030. The van der Waals surface area contributed by atoms with Crippen molar-refractivity contribution in [2.75, 3.05) is 5.32 Å². The molecule has 1 aliphatic heterocycles. The summed E-state index contributed by atoms with van der Waals surface area (Å²) >= 11 is 0. The zero-order valence-electron chi connectivity index (χ0n) is 16.1. The van der Waals surface area contributed by atoms with E-state index in [1.165, 1.54) is 23.6 Å². The number of halogens is 1. The lowest BCUT2D eigenvalue weighted by Crippen LogP contribution is -2.39. The highest BCUT2D eigenvalue weighted by atomic mass is 19.1. The Labute approximate surface area is 167 Å². The van der Waals surface area contributed by atoms with Crippen LogP contribution in [-0.2, 0) is 11.3 Å². The fraction of sp³-hybridized carbons (Fsp3) is 0.333. The summed E-state index contributed by atoms with van der Waals surface area (Å²) in [6.07, 6.45) is 5.66. The van der Waals surface area contributed by atoms with Gasteiger partial charge in [0.1, 0.15) is 0 Å². The van der Waals surface area contributed by atoms with E-state index in [1.807, 2.05) is 0 Å². The standard InChI is InChI=1S/C21H24FN5O2/c1-12(28)24-17-4-2-3-15(20(17)22)11-27-10-14(6-8-19(27)29)13-5-7-16-18(9-13)25-26-21(16)23/h2-4,6,8-10,16,18,21,25-26H,5,7,11,23H2,1H3,(H,24,28). The van der Waals surface area contributed by atoms with Crippen molar-refractivity contribution in [2.24, 2.45) is 11.7 Å². The first kappa shape index (κ1) is 19.5. The maximum atomic E-state index is 14.7. The van der Waals surface area contributed by atoms with E-state index in [-0.39, 0.29) is 35.9 Å². The first-order valence-corrected chi connectivity index (χ1v) is 9.65. The van der Waals surface area contributed by atoms with Crippen molar-refractivity contribution in [2.45, 2.75) is 38.5 Å². The second-order valence-electron chi connectivity index (χ2n) is 7.58. The van der Waals surface area contributed by atoms with E-state index in [0.717, 1.165) is 24.0 Å². The molecule has 1 aromatic carbocycles. The molecule has 2 aromatic rings. The van der Waals surface area contributed by atoms with Crippen molar-refractivity contribution in [3.05, 3.63) is 69.9 Å². The average Bonchev–Trinajstić information content (AvgIpc) is 3.06. The van der Waals surface area contributed by atoms with Crippen LogP contribution in [0.4, 0.5) is 10.1 Å². The van der Waals surface area contributed by atoms with Gasteiger partial charge in [-0.2, -0.15) is 0 Å². The van der Waals surface area contributed by atoms with Gasteiger partial charge in [-0.05, 0) is 36.1 Å². The Morgan fingerprint density at radius 1 is 1.31 bits per heavy atom. The third kappa shape index (κ3) is 4.00. The van der Waals surface area contributed by atoms with Gasteiger partial charge in [0.05, 0.1) is 18.4 Å². The lowest BCUT2D eigenvalue weighted by molar-refractivity contribution is -0.114. The van der Waals surface area contributed by atoms with Gasteiger partial charge in [-0.25, -0.2) is 15.2 Å². The van der Waals surface area contributed by atoms with Crippen molar-refractivity contribution < 1.29 is 9.18 Å². The summed E-state index contributed by atoms with van der Waals surface area (Å²) in [5, 5.41) is 2.47. The molecule has 152 valence electrons. The quantitative estimate of drug-likeness (QED) is 0.627. The monoisotopic (exact) mass is 397 g/mol. The number of pyridine rings is 1. The molecule has 5 N–H and O–H groups in total. The molecule has 3 unspecified atom stereocenters. The molecule has 1 amide bonds. The third-order valence-corrected chi connectivity index (χ3v) is 5.55. The summed E-state index contributed by atoms with van der Waals surface area (Å²) in [4.78, 5) is 23.6. The highest BCUT2D eigenvalue weighted by molar-refractivity contribution is 5.88. The Morgan fingerprint density at radius 3 is 2.93 bits per heavy atom. The smallest absolute Gasteiger partial charge is 0.250 e. The van der Waals surface area contributed by atoms with E-state index in [4.69, 9.17) is 5.73 Å². The number of nitrogens with zero attached hydrogens (tertiary/aromatic N) is 1. The lowest BCUT2D eigenvalue weighted by Gasteiger charge is -2.25. The largest absolute Gasteiger partial charge is 0.324 e. The van der Waals surface area contributed by atoms with E-state index >= 15 is 0 Å². The molecule has 0 radical (unpaired) electrons. The van der Waals surface area contributed by atoms with Gasteiger partial charge < -0.3 is 15.6 Å². The minimum Gasteiger partial charge on any atom is -0.324 e. The van der Waals surface area contributed by atoms with Crippen molar-refractivity contribution in [1.29, 1.82) is 0 Å². The molecule has 0 bridgehead atoms. The van der Waals surface area contributed by atoms with Crippen molar-refractivity contribution >= 4 is 17.2 Å². The number of benzene rings is 1. The molecule has 4 rings (SSSR count). The Morgan fingerprint density at radius 2 is 2.14 bits per heavy atom. The number of hydrogen-bond donors (Lipinski definition) is 4. The van der Waals surface area contributed by atoms with Crippen LogP contribution < -0.4 is 27.5 Å². The lowest BCUT2D eigenvalue weighted by atomic mass is 9.83. The minimum absolute atomic E-state index is 0.0642. The molecule has 29 heavy (non-hydrogen) atoms. The number of hydrazine groups is 1. The van der Waals surface area contributed by atoms with Gasteiger partial charge in [-0.1, -0.05) is 18.2 Å². The number of fused-ring (bicyclic) bond motifs is 1. The minimum atomic E-state index is -0.532. The highest BCUT2D eigenvalue weighted by Gasteiger charge is 2.34. The van der Waals surface area contributed by atoms with Gasteiger partial charge in [0, 0.05) is 36.7 Å². The molecule has 3 atom stereocenters. The van der Waals surface area contributed by atoms with Crippen LogP contribution in [0.25, 0.3) is 5.57 Å². The Hall–Kier alpha value is -2.81. The first-order valence-electron chi connectivity index (χ1n) is 9.65. The third-order valence-electron chi connectivity index (χ3n) is 5.55. The van der Waals surface area contributed by atoms with Gasteiger partial charge in [0.25, 0.3) is 5.56 Å². The number of amides is 1. The number of nitrogens with one attached hydrogen (secondary N) is 3. The molecule has 1 saturated heterocycles. The normalized spacial score (nSPS) is 23.4. The molecule has 1 aliphatic carbocycles. The summed E-state index contributed by atoms with van der Waals surface area (Å²) in [6, 6.07) is 8.22. The molecule has 2 aliphatic rings. The molecule has 0 spiro atoms. The average molecular weight is 397 g/mol. The van der Waals surface area contributed by atoms with Crippen molar-refractivity contribution in [1.82, 2.24) is 15.4 Å². The van der Waals surface area contributed by atoms with Crippen LogP contribution in [0.15, 0.2) is 47.4 Å². The predicted molar refractivity (Wildman–Crippen MR) is 109 cm³/mol. The van der Waals surface area contributed by atoms with Crippen LogP contribution in [0, 0.1) is 11.7 Å². The number of rotatable bonds is 4. The van der Waals surface area contributed by atoms with E-state index in [9.17, 15) is 14.0 Å². The van der Waals surface area contributed by atoms with Gasteiger partial charge in [-0.3, -0.25) is 9.59 Å². The molecule has 2 heterocycles. The molecular weight excluding hydrogens is 373 g/mol. The van der Waals surface area contributed by atoms with Gasteiger partial charge in [0.15, 0.2) is 5.82 Å². The number of carbonyl (C=O) groups excluding carboxylic acids is 1. The maximum absolute atomic E-state index is 14.7. The highest BCUT2D eigenvalue weighted by Crippen LogP contribution is 2.32. The van der Waals surface area contributed by atoms with Crippen LogP contribution in [0.5, 0.6) is 0 Å². The van der Waals surface area contributed by atoms with Crippen molar-refractivity contribution in [3.8, 4) is 0 Å². The van der Waals surface area contributed by atoms with Gasteiger partial charge >= 0.3 is 0 Å². The van der Waals surface area contributed by atoms with Crippen LogP contribution in [-0.4, -0.2) is 22.7 Å². The van der Waals surface area contributed by atoms with Crippen LogP contribution in [0.2, 0.25) is 0 Å². The van der Waals surface area contributed by atoms with Crippen LogP contribution >= 0.6 is 0 Å². The Balaban J connectivity index is 1.61. The molecule has 1 aromatic heterocycles. The molecule has 1 fully saturated rings. The number of anilines is 1. The first-order chi connectivity index (χ1) is 13.9. The summed E-state index contributed by atoms with van der Waals surface area (Å²) < 4.78 is 16.2. The number of nitrogens with two attached hydrogens (primary N) is 1. The molecular formula is C21H24FN5O2. The summed E-state index contributed by atoms with van der Waals surface area (Å²) in [6.45, 7) is 1.40. The maximum Gasteiger partial charge on any atom is 0.250 e. The van der Waals surface area contributed by atoms with Crippen LogP contribution in [0.1, 0.15) is 30.9 Å². The second-order valence-corrected chi connectivity index (χ2v) is 7.58. The number of aromatic nitrogens is 1. The summed E-state index contributed by atoms with van der Waals surface area (Å²) in [5.74, 6) is -0.539. The zero-order valence-corrected chi connectivity index (χ0v) is 16.1. The zero-order chi connectivity index (χ0) is 20.5. The topological polar surface area (TPSA) is 101 Å². The fourth-order valence-corrected chi connectivity index (χ4v) is 4.03. The van der Waals surface area contributed by atoms with Crippen LogP contribution in [0.3, 0.4) is 0 Å². The molecule has 0 saturated carbocycles. The van der Waals surface area contributed by atoms with E-state index in [0.29, 0.717) is 11.5 Å².